The second-order valence-corrected chi connectivity index (χ2v) is 20.6. The summed E-state index contributed by atoms with van der Waals surface area (Å²) in [5.41, 5.74) is 2.18. The van der Waals surface area contributed by atoms with E-state index in [2.05, 4.69) is 47.8 Å². The summed E-state index contributed by atoms with van der Waals surface area (Å²) in [5.74, 6) is -1.03. The number of piperidine rings is 1. The van der Waals surface area contributed by atoms with Crippen LogP contribution in [0.15, 0.2) is 48.7 Å². The minimum absolute atomic E-state index is 0.0177. The molecule has 7 fully saturated rings. The van der Waals surface area contributed by atoms with Gasteiger partial charge in [-0.25, -0.2) is 0 Å². The highest BCUT2D eigenvalue weighted by Crippen LogP contribution is 2.75. The predicted molar refractivity (Wildman–Crippen MR) is 234 cm³/mol. The number of fused-ring (bicyclic) bond motifs is 2. The van der Waals surface area contributed by atoms with Crippen molar-refractivity contribution in [1.29, 1.82) is 0 Å². The van der Waals surface area contributed by atoms with Crippen LogP contribution in [0.25, 0.3) is 10.8 Å². The fourth-order valence-electron chi connectivity index (χ4n) is 14.0. The summed E-state index contributed by atoms with van der Waals surface area (Å²) in [5, 5.41) is 34.1. The van der Waals surface area contributed by atoms with Crippen LogP contribution in [0.2, 0.25) is 0 Å². The molecule has 2 amide bonds. The highest BCUT2D eigenvalue weighted by molar-refractivity contribution is 6.26. The molecule has 11 rings (SSSR count). The number of ether oxygens (including phenoxy) is 2. The third-order valence-electron chi connectivity index (χ3n) is 16.8. The van der Waals surface area contributed by atoms with Crippen molar-refractivity contribution >= 4 is 34.1 Å². The molecule has 4 aliphatic carbocycles. The number of carbonyl (C=O) groups is 3. The number of imide groups is 1. The van der Waals surface area contributed by atoms with Gasteiger partial charge in [-0.3, -0.25) is 24.0 Å². The van der Waals surface area contributed by atoms with Crippen LogP contribution >= 0.6 is 0 Å². The number of ketones is 1. The van der Waals surface area contributed by atoms with E-state index in [0.29, 0.717) is 42.7 Å². The Morgan fingerprint density at radius 1 is 0.871 bits per heavy atom. The number of anilines is 1. The van der Waals surface area contributed by atoms with Crippen LogP contribution in [-0.4, -0.2) is 98.5 Å². The molecule has 3 aromatic rings. The first kappa shape index (κ1) is 42.0. The normalized spacial score (nSPS) is 33.4. The molecule has 12 heteroatoms. The van der Waals surface area contributed by atoms with E-state index >= 15 is 0 Å². The summed E-state index contributed by atoms with van der Waals surface area (Å²) in [4.78, 5) is 45.1. The number of unbranched alkanes of at least 4 members (excludes halogenated alkanes) is 5. The van der Waals surface area contributed by atoms with Crippen molar-refractivity contribution in [3.8, 4) is 0 Å². The van der Waals surface area contributed by atoms with E-state index < -0.39 is 47.3 Å². The largest absolute Gasteiger partial charge is 0.393 e. The maximum Gasteiger partial charge on any atom is 0.261 e. The molecule has 2 aromatic carbocycles. The average Bonchev–Trinajstić information content (AvgIpc) is 3.77. The number of benzene rings is 2. The molecule has 1 aromatic heterocycles. The molecule has 2 N–H and O–H groups in total. The number of aryl methyl sites for hydroxylation is 2. The third-order valence-corrected chi connectivity index (χ3v) is 16.8. The molecule has 0 unspecified atom stereocenters. The number of nitrogens with zero attached hydrogens (tertiary/aromatic N) is 5. The van der Waals surface area contributed by atoms with E-state index in [9.17, 15) is 24.6 Å². The SMILES string of the molecule is C=C1C(=O)[C@]23[C@H](O)[C@H]1C[C@H](O)[C@H]2[C@]12CCCC(C)(C)[C@H]1C[C@H]3O[C@H]2OCCCCCCc1cn(CCCCCN2C(=O)c3cccc4c(N5CCCCC5)ccc(c34)C2=O)nn1. The van der Waals surface area contributed by atoms with Crippen LogP contribution in [0.3, 0.4) is 0 Å². The maximum absolute atomic E-state index is 14.0. The summed E-state index contributed by atoms with van der Waals surface area (Å²) in [6.45, 7) is 12.4. The van der Waals surface area contributed by atoms with Gasteiger partial charge in [0.1, 0.15) is 0 Å². The molecule has 62 heavy (non-hydrogen) atoms. The van der Waals surface area contributed by atoms with Gasteiger partial charge < -0.3 is 24.6 Å². The molecule has 9 atom stereocenters. The van der Waals surface area contributed by atoms with Crippen LogP contribution < -0.4 is 4.90 Å². The van der Waals surface area contributed by atoms with Gasteiger partial charge >= 0.3 is 0 Å². The van der Waals surface area contributed by atoms with Crippen LogP contribution in [0.4, 0.5) is 5.69 Å². The topological polar surface area (TPSA) is 147 Å². The molecule has 8 aliphatic rings. The van der Waals surface area contributed by atoms with E-state index in [1.54, 1.807) is 0 Å². The fraction of sp³-hybridized carbons (Fsp3) is 0.660. The van der Waals surface area contributed by atoms with E-state index in [-0.39, 0.29) is 28.9 Å². The van der Waals surface area contributed by atoms with Crippen LogP contribution in [0.1, 0.15) is 137 Å². The number of Topliss-reactive ketones (excluding diaryl/α,β-unsaturated/α-hetero) is 1. The Kier molecular flexibility index (Phi) is 11.0. The minimum Gasteiger partial charge on any atom is -0.393 e. The van der Waals surface area contributed by atoms with E-state index in [4.69, 9.17) is 9.47 Å². The van der Waals surface area contributed by atoms with Crippen LogP contribution in [0.5, 0.6) is 0 Å². The zero-order valence-electron chi connectivity index (χ0n) is 36.7. The van der Waals surface area contributed by atoms with Gasteiger partial charge in [0.25, 0.3) is 11.8 Å². The lowest BCUT2D eigenvalue weighted by molar-refractivity contribution is -0.402. The minimum atomic E-state index is -1.12. The zero-order valence-corrected chi connectivity index (χ0v) is 36.7. The standard InChI is InChI=1S/C50H65N5O7/c1-31-36-28-38(56)42-49-22-15-21-48(2,3)39(49)29-40(50(42,43(31)57)44(36)58)62-47(49)61-27-13-5-4-8-16-32-30-54(52-51-32)25-11-7-12-26-55-45(59)34-18-14-17-33-37(53-23-9-6-10-24-53)20-19-35(41(33)34)46(55)60/h14,17-20,30,36,38-40,42,44,47,56,58H,1,4-13,15-16,21-29H2,2-3H3/t36-,38-,39+,40+,42-,44+,47+,49-,50+/m0/s1. The van der Waals surface area contributed by atoms with E-state index in [0.717, 1.165) is 125 Å². The Labute approximate surface area is 365 Å². The molecular weight excluding hydrogens is 783 g/mol. The lowest BCUT2D eigenvalue weighted by atomic mass is 9.37. The van der Waals surface area contributed by atoms with Crippen molar-refractivity contribution < 1.29 is 34.1 Å². The van der Waals surface area contributed by atoms with Crippen molar-refractivity contribution in [3.05, 3.63) is 65.5 Å². The van der Waals surface area contributed by atoms with Gasteiger partial charge in [-0.05, 0) is 119 Å². The lowest BCUT2D eigenvalue weighted by Crippen LogP contribution is -2.78. The number of hydrogen-bond acceptors (Lipinski definition) is 10. The number of aliphatic hydroxyl groups excluding tert-OH is 2. The van der Waals surface area contributed by atoms with Crippen LogP contribution in [0, 0.1) is 34.0 Å². The summed E-state index contributed by atoms with van der Waals surface area (Å²) in [7, 11) is 0. The number of rotatable bonds is 15. The van der Waals surface area contributed by atoms with Gasteiger partial charge in [-0.2, -0.15) is 0 Å². The quantitative estimate of drug-likeness (QED) is 0.0900. The monoisotopic (exact) mass is 847 g/mol. The zero-order chi connectivity index (χ0) is 43.0. The Morgan fingerprint density at radius 3 is 2.45 bits per heavy atom. The highest BCUT2D eigenvalue weighted by atomic mass is 16.7. The Balaban J connectivity index is 0.667. The van der Waals surface area contributed by atoms with Crippen LogP contribution in [-0.2, 0) is 27.2 Å². The molecule has 4 bridgehead atoms. The predicted octanol–water partition coefficient (Wildman–Crippen LogP) is 7.43. The molecule has 4 aliphatic heterocycles. The van der Waals surface area contributed by atoms with Crippen molar-refractivity contribution in [1.82, 2.24) is 19.9 Å². The van der Waals surface area contributed by atoms with E-state index in [1.165, 1.54) is 11.3 Å². The molecule has 332 valence electrons. The lowest BCUT2D eigenvalue weighted by Gasteiger charge is -2.72. The second kappa shape index (κ2) is 16.2. The fourth-order valence-corrected chi connectivity index (χ4v) is 14.0. The second-order valence-electron chi connectivity index (χ2n) is 20.6. The first-order valence-electron chi connectivity index (χ1n) is 23.9. The number of aromatic nitrogens is 3. The Morgan fingerprint density at radius 2 is 1.63 bits per heavy atom. The van der Waals surface area contributed by atoms with Gasteiger partial charge in [-0.1, -0.05) is 57.0 Å². The summed E-state index contributed by atoms with van der Waals surface area (Å²) < 4.78 is 15.3. The first-order chi connectivity index (χ1) is 30.0. The van der Waals surface area contributed by atoms with Gasteiger partial charge in [0.05, 0.1) is 29.4 Å². The molecule has 12 nitrogen and oxygen atoms in total. The maximum atomic E-state index is 14.0. The van der Waals surface area contributed by atoms with Crippen molar-refractivity contribution in [2.45, 2.75) is 148 Å². The van der Waals surface area contributed by atoms with Crippen molar-refractivity contribution in [2.24, 2.45) is 34.0 Å². The van der Waals surface area contributed by atoms with Crippen molar-refractivity contribution in [3.63, 3.8) is 0 Å². The molecule has 5 heterocycles. The Bertz CT molecular complexity index is 2230. The summed E-state index contributed by atoms with van der Waals surface area (Å²) in [6.07, 6.45) is 14.3. The third kappa shape index (κ3) is 6.46. The van der Waals surface area contributed by atoms with E-state index in [1.807, 2.05) is 29.1 Å². The van der Waals surface area contributed by atoms with Gasteiger partial charge in [0.15, 0.2) is 12.1 Å². The van der Waals surface area contributed by atoms with Gasteiger partial charge in [-0.15, -0.1) is 5.10 Å². The van der Waals surface area contributed by atoms with Crippen molar-refractivity contribution in [2.75, 3.05) is 31.1 Å². The molecule has 3 saturated heterocycles. The highest BCUT2D eigenvalue weighted by Gasteiger charge is 2.81. The number of hydrogen-bond donors (Lipinski definition) is 2. The molecule has 0 radical (unpaired) electrons. The average molecular weight is 848 g/mol. The molecule has 2 spiro atoms. The molecule has 4 saturated carbocycles. The Hall–Kier alpha value is -3.97. The number of carbonyl (C=O) groups excluding carboxylic acids is 3. The summed E-state index contributed by atoms with van der Waals surface area (Å²) in [6, 6.07) is 9.85. The number of amides is 2. The summed E-state index contributed by atoms with van der Waals surface area (Å²) >= 11 is 0. The first-order valence-corrected chi connectivity index (χ1v) is 23.9. The van der Waals surface area contributed by atoms with Gasteiger partial charge in [0.2, 0.25) is 0 Å². The van der Waals surface area contributed by atoms with Gasteiger partial charge in [0, 0.05) is 83.8 Å². The number of aliphatic hydroxyl groups is 2. The molecular formula is C50H65N5O7. The smallest absolute Gasteiger partial charge is 0.261 e.